The first-order chi connectivity index (χ1) is 18.1. The second-order valence-electron chi connectivity index (χ2n) is 8.07. The highest BCUT2D eigenvalue weighted by molar-refractivity contribution is 7.18. The highest BCUT2D eigenvalue weighted by Crippen LogP contribution is 2.37. The van der Waals surface area contributed by atoms with Crippen molar-refractivity contribution < 1.29 is 18.6 Å². The quantitative estimate of drug-likeness (QED) is 0.268. The van der Waals surface area contributed by atoms with E-state index in [4.69, 9.17) is 18.6 Å². The molecule has 37 heavy (non-hydrogen) atoms. The lowest BCUT2D eigenvalue weighted by Gasteiger charge is -2.10. The van der Waals surface area contributed by atoms with Gasteiger partial charge in [-0.3, -0.25) is 4.98 Å². The zero-order chi connectivity index (χ0) is 25.4. The number of hydrogen-bond donors (Lipinski definition) is 0. The molecule has 0 amide bonds. The summed E-state index contributed by atoms with van der Waals surface area (Å²) in [6.45, 7) is 0.301. The van der Waals surface area contributed by atoms with Gasteiger partial charge in [0.05, 0.1) is 37.1 Å². The Balaban J connectivity index is 1.31. The summed E-state index contributed by atoms with van der Waals surface area (Å²) < 4.78 is 24.7. The van der Waals surface area contributed by atoms with Crippen molar-refractivity contribution >= 4 is 27.3 Å². The Morgan fingerprint density at radius 1 is 1.08 bits per heavy atom. The van der Waals surface area contributed by atoms with E-state index >= 15 is 0 Å². The molecule has 0 spiro atoms. The number of methoxy groups -OCH3 is 2. The molecular weight excluding hydrogens is 490 g/mol. The summed E-state index contributed by atoms with van der Waals surface area (Å²) in [5.41, 5.74) is 4.22. The molecule has 2 aromatic carbocycles. The summed E-state index contributed by atoms with van der Waals surface area (Å²) in [6.07, 6.45) is 3.47. The van der Waals surface area contributed by atoms with Crippen LogP contribution in [0.2, 0.25) is 0 Å². The third-order valence-corrected chi connectivity index (χ3v) is 6.67. The second kappa shape index (κ2) is 9.29. The number of nitriles is 1. The normalized spacial score (nSPS) is 11.1. The van der Waals surface area contributed by atoms with Crippen molar-refractivity contribution in [3.63, 3.8) is 0 Å². The minimum absolute atomic E-state index is 0.301. The van der Waals surface area contributed by atoms with Gasteiger partial charge < -0.3 is 18.6 Å². The summed E-state index contributed by atoms with van der Waals surface area (Å²) in [7, 11) is 3.17. The van der Waals surface area contributed by atoms with Crippen LogP contribution < -0.4 is 14.2 Å². The Labute approximate surface area is 215 Å². The van der Waals surface area contributed by atoms with Gasteiger partial charge >= 0.3 is 0 Å². The van der Waals surface area contributed by atoms with Gasteiger partial charge in [-0.1, -0.05) is 18.2 Å². The molecule has 0 aliphatic rings. The highest BCUT2D eigenvalue weighted by atomic mass is 32.1. The number of fused-ring (bicyclic) bond motifs is 2. The Morgan fingerprint density at radius 3 is 2.81 bits per heavy atom. The smallest absolute Gasteiger partial charge is 0.294 e. The van der Waals surface area contributed by atoms with E-state index in [9.17, 15) is 5.26 Å². The van der Waals surface area contributed by atoms with Crippen molar-refractivity contribution in [2.75, 3.05) is 14.2 Å². The number of benzene rings is 2. The van der Waals surface area contributed by atoms with Gasteiger partial charge in [-0.2, -0.15) is 5.26 Å². The Morgan fingerprint density at radius 2 is 2.00 bits per heavy atom. The van der Waals surface area contributed by atoms with Crippen LogP contribution in [-0.4, -0.2) is 33.8 Å². The van der Waals surface area contributed by atoms with E-state index < -0.39 is 0 Å². The van der Waals surface area contributed by atoms with Gasteiger partial charge in [0.25, 0.3) is 5.19 Å². The maximum Gasteiger partial charge on any atom is 0.294 e. The van der Waals surface area contributed by atoms with Crippen LogP contribution in [-0.2, 0) is 6.61 Å². The maximum atomic E-state index is 9.44. The standard InChI is InChI=1S/C27H19N5O4S/c1-33-19-10-22(35-15-16-5-3-6-17(9-16)25-18(13-28)7-4-8-29-25)20-12-24(36-23(20)11-19)21-14-32-26(30-21)37-27(31-32)34-2/h3-12,14H,15H2,1-2H3. The largest absolute Gasteiger partial charge is 0.496 e. The molecule has 4 aromatic heterocycles. The molecule has 0 N–H and O–H groups in total. The molecule has 6 aromatic rings. The molecule has 182 valence electrons. The van der Waals surface area contributed by atoms with Crippen molar-refractivity contribution in [2.45, 2.75) is 6.61 Å². The topological polar surface area (TPSA) is 108 Å². The number of aromatic nitrogens is 4. The van der Waals surface area contributed by atoms with Gasteiger partial charge in [-0.15, -0.1) is 5.10 Å². The lowest BCUT2D eigenvalue weighted by atomic mass is 10.0. The summed E-state index contributed by atoms with van der Waals surface area (Å²) in [6, 6.07) is 19.0. The predicted molar refractivity (Wildman–Crippen MR) is 138 cm³/mol. The molecule has 0 bridgehead atoms. The number of hydrogen-bond acceptors (Lipinski definition) is 9. The van der Waals surface area contributed by atoms with E-state index in [1.54, 1.807) is 43.3 Å². The number of imidazole rings is 1. The van der Waals surface area contributed by atoms with Gasteiger partial charge in [0.2, 0.25) is 4.96 Å². The highest BCUT2D eigenvalue weighted by Gasteiger charge is 2.17. The molecule has 9 nitrogen and oxygen atoms in total. The summed E-state index contributed by atoms with van der Waals surface area (Å²) in [5, 5.41) is 15.1. The van der Waals surface area contributed by atoms with Crippen molar-refractivity contribution in [1.29, 1.82) is 5.26 Å². The number of furan rings is 1. The number of rotatable bonds is 7. The number of ether oxygens (including phenoxy) is 3. The fourth-order valence-electron chi connectivity index (χ4n) is 4.02. The van der Waals surface area contributed by atoms with Crippen molar-refractivity contribution in [3.8, 4) is 45.5 Å². The molecule has 0 saturated heterocycles. The minimum Gasteiger partial charge on any atom is -0.496 e. The second-order valence-corrected chi connectivity index (χ2v) is 8.99. The Kier molecular flexibility index (Phi) is 5.67. The zero-order valence-electron chi connectivity index (χ0n) is 19.8. The lowest BCUT2D eigenvalue weighted by molar-refractivity contribution is 0.307. The first-order valence-corrected chi connectivity index (χ1v) is 12.1. The fourth-order valence-corrected chi connectivity index (χ4v) is 4.72. The molecule has 4 heterocycles. The summed E-state index contributed by atoms with van der Waals surface area (Å²) in [5.74, 6) is 1.82. The van der Waals surface area contributed by atoms with E-state index in [2.05, 4.69) is 21.1 Å². The Hall–Kier alpha value is -4.88. The van der Waals surface area contributed by atoms with Crippen LogP contribution in [0.4, 0.5) is 0 Å². The first kappa shape index (κ1) is 22.6. The van der Waals surface area contributed by atoms with Gasteiger partial charge in [0, 0.05) is 23.9 Å². The van der Waals surface area contributed by atoms with Gasteiger partial charge in [-0.25, -0.2) is 9.50 Å². The van der Waals surface area contributed by atoms with Gasteiger partial charge in [0.1, 0.15) is 35.5 Å². The maximum absolute atomic E-state index is 9.44. The molecular formula is C27H19N5O4S. The minimum atomic E-state index is 0.301. The van der Waals surface area contributed by atoms with Crippen LogP contribution in [0.15, 0.2) is 71.4 Å². The summed E-state index contributed by atoms with van der Waals surface area (Å²) in [4.78, 5) is 9.70. The van der Waals surface area contributed by atoms with E-state index in [0.29, 0.717) is 56.6 Å². The van der Waals surface area contributed by atoms with Crippen LogP contribution in [0, 0.1) is 11.3 Å². The molecule has 0 fully saturated rings. The van der Waals surface area contributed by atoms with Crippen LogP contribution in [0.5, 0.6) is 16.7 Å². The van der Waals surface area contributed by atoms with Crippen LogP contribution in [0.3, 0.4) is 0 Å². The fraction of sp³-hybridized carbons (Fsp3) is 0.111. The molecule has 0 saturated carbocycles. The average Bonchev–Trinajstić information content (AvgIpc) is 3.64. The van der Waals surface area contributed by atoms with E-state index in [1.807, 2.05) is 42.5 Å². The molecule has 10 heteroatoms. The van der Waals surface area contributed by atoms with Crippen LogP contribution in [0.25, 0.3) is 38.6 Å². The number of nitrogens with zero attached hydrogens (tertiary/aromatic N) is 5. The van der Waals surface area contributed by atoms with Gasteiger partial charge in [0.15, 0.2) is 5.76 Å². The van der Waals surface area contributed by atoms with Crippen molar-refractivity contribution in [3.05, 3.63) is 78.1 Å². The zero-order valence-corrected chi connectivity index (χ0v) is 20.7. The Bertz CT molecular complexity index is 1760. The average molecular weight is 510 g/mol. The van der Waals surface area contributed by atoms with Crippen molar-refractivity contribution in [2.24, 2.45) is 0 Å². The molecule has 0 unspecified atom stereocenters. The molecule has 0 aliphatic carbocycles. The molecule has 0 aliphatic heterocycles. The lowest BCUT2D eigenvalue weighted by Crippen LogP contribution is -1.97. The monoisotopic (exact) mass is 509 g/mol. The third kappa shape index (κ3) is 4.22. The first-order valence-electron chi connectivity index (χ1n) is 11.2. The summed E-state index contributed by atoms with van der Waals surface area (Å²) >= 11 is 1.35. The molecule has 0 atom stereocenters. The predicted octanol–water partition coefficient (Wildman–Crippen LogP) is 5.73. The SMILES string of the molecule is COc1cc(OCc2cccc(-c3ncccc3C#N)c2)c2cc(-c3cn4nc(OC)sc4n3)oc2c1. The number of pyridine rings is 1. The molecule has 0 radical (unpaired) electrons. The van der Waals surface area contributed by atoms with Crippen LogP contribution in [0.1, 0.15) is 11.1 Å². The van der Waals surface area contributed by atoms with Gasteiger partial charge in [-0.05, 0) is 41.2 Å². The van der Waals surface area contributed by atoms with E-state index in [1.165, 1.54) is 11.3 Å². The molecule has 6 rings (SSSR count). The van der Waals surface area contributed by atoms with E-state index in [0.717, 1.165) is 16.5 Å². The third-order valence-electron chi connectivity index (χ3n) is 5.78. The van der Waals surface area contributed by atoms with Crippen molar-refractivity contribution in [1.82, 2.24) is 19.6 Å². The van der Waals surface area contributed by atoms with Crippen LogP contribution >= 0.6 is 11.3 Å². The van der Waals surface area contributed by atoms with E-state index in [-0.39, 0.29) is 0 Å².